The Kier molecular flexibility index (Phi) is 5.08. The topological polar surface area (TPSA) is 88.1 Å². The highest BCUT2D eigenvalue weighted by Gasteiger charge is 2.31. The molecule has 0 bridgehead atoms. The molecule has 2 aromatic carbocycles. The maximum Gasteiger partial charge on any atom is 0.573 e. The number of aromatic amines is 1. The van der Waals surface area contributed by atoms with Gasteiger partial charge in [0.15, 0.2) is 5.03 Å². The second-order valence-electron chi connectivity index (χ2n) is 5.44. The molecule has 1 aromatic heterocycles. The van der Waals surface area contributed by atoms with E-state index in [0.29, 0.717) is 21.6 Å². The molecule has 0 atom stereocenters. The van der Waals surface area contributed by atoms with Crippen molar-refractivity contribution in [1.82, 2.24) is 15.4 Å². The van der Waals surface area contributed by atoms with Crippen molar-refractivity contribution in [2.24, 2.45) is 0 Å². The Bertz CT molecular complexity index is 972. The highest BCUT2D eigenvalue weighted by atomic mass is 32.2. The number of carboxylic acids is 1. The van der Waals surface area contributed by atoms with E-state index >= 15 is 0 Å². The van der Waals surface area contributed by atoms with Crippen LogP contribution in [0.2, 0.25) is 0 Å². The van der Waals surface area contributed by atoms with Gasteiger partial charge in [0.1, 0.15) is 5.75 Å². The third-order valence-corrected chi connectivity index (χ3v) is 4.52. The number of halogens is 3. The van der Waals surface area contributed by atoms with E-state index < -0.39 is 12.3 Å². The van der Waals surface area contributed by atoms with Gasteiger partial charge in [-0.25, -0.2) is 4.79 Å². The molecule has 0 radical (unpaired) electrons. The Morgan fingerprint density at radius 3 is 2.41 bits per heavy atom. The van der Waals surface area contributed by atoms with Crippen LogP contribution in [0.15, 0.2) is 52.4 Å². The molecule has 0 saturated carbocycles. The number of carboxylic acid groups (broad SMARTS) is 1. The van der Waals surface area contributed by atoms with Crippen LogP contribution < -0.4 is 4.74 Å². The van der Waals surface area contributed by atoms with Crippen LogP contribution in [0.4, 0.5) is 13.2 Å². The van der Waals surface area contributed by atoms with Crippen molar-refractivity contribution < 1.29 is 27.8 Å². The third-order valence-electron chi connectivity index (χ3n) is 3.53. The second kappa shape index (κ2) is 7.31. The average molecular weight is 395 g/mol. The highest BCUT2D eigenvalue weighted by molar-refractivity contribution is 7.99. The second-order valence-corrected chi connectivity index (χ2v) is 6.50. The lowest BCUT2D eigenvalue weighted by Gasteiger charge is -2.13. The predicted molar refractivity (Wildman–Crippen MR) is 90.8 cm³/mol. The lowest BCUT2D eigenvalue weighted by atomic mass is 10.0. The Hall–Kier alpha value is -3.01. The van der Waals surface area contributed by atoms with Crippen LogP contribution in [-0.4, -0.2) is 32.8 Å². The summed E-state index contributed by atoms with van der Waals surface area (Å²) in [7, 11) is 0. The smallest absolute Gasteiger partial charge is 0.476 e. The van der Waals surface area contributed by atoms with E-state index in [1.165, 1.54) is 13.0 Å². The van der Waals surface area contributed by atoms with Gasteiger partial charge < -0.3 is 9.84 Å². The summed E-state index contributed by atoms with van der Waals surface area (Å²) in [4.78, 5) is 11.7. The standard InChI is InChI=1S/C17H12F3N3O3S/c1-9-2-3-11(8-13(9)26-17(18,19)20)10-4-6-12(7-5-10)27-15-14(16(24)25)21-23-22-15/h2-8H,1H3,(H,24,25)(H,21,22,23). The van der Waals surface area contributed by atoms with Crippen LogP contribution in [0.25, 0.3) is 11.1 Å². The zero-order valence-electron chi connectivity index (χ0n) is 13.7. The fourth-order valence-corrected chi connectivity index (χ4v) is 3.08. The number of nitrogens with zero attached hydrogens (tertiary/aromatic N) is 2. The molecule has 0 aliphatic carbocycles. The number of aromatic nitrogens is 3. The minimum Gasteiger partial charge on any atom is -0.476 e. The van der Waals surface area contributed by atoms with Gasteiger partial charge in [0.05, 0.1) is 0 Å². The van der Waals surface area contributed by atoms with Crippen LogP contribution in [0.1, 0.15) is 16.1 Å². The highest BCUT2D eigenvalue weighted by Crippen LogP contribution is 2.33. The minimum absolute atomic E-state index is 0.184. The molecule has 0 fully saturated rings. The van der Waals surface area contributed by atoms with Crippen molar-refractivity contribution in [2.75, 3.05) is 0 Å². The Morgan fingerprint density at radius 2 is 1.78 bits per heavy atom. The van der Waals surface area contributed by atoms with Gasteiger partial charge in [0.25, 0.3) is 0 Å². The number of aromatic carboxylic acids is 1. The largest absolute Gasteiger partial charge is 0.573 e. The Labute approximate surface area is 155 Å². The molecule has 10 heteroatoms. The maximum absolute atomic E-state index is 12.5. The number of hydrogen-bond donors (Lipinski definition) is 2. The molecule has 0 saturated heterocycles. The SMILES string of the molecule is Cc1ccc(-c2ccc(Sc3n[nH]nc3C(=O)O)cc2)cc1OC(F)(F)F. The molecular formula is C17H12F3N3O3S. The number of benzene rings is 2. The summed E-state index contributed by atoms with van der Waals surface area (Å²) >= 11 is 1.11. The lowest BCUT2D eigenvalue weighted by Crippen LogP contribution is -2.17. The van der Waals surface area contributed by atoms with Gasteiger partial charge in [-0.1, -0.05) is 36.0 Å². The van der Waals surface area contributed by atoms with Crippen molar-refractivity contribution in [3.05, 3.63) is 53.7 Å². The molecule has 0 spiro atoms. The fraction of sp³-hybridized carbons (Fsp3) is 0.118. The summed E-state index contributed by atoms with van der Waals surface area (Å²) in [5, 5.41) is 18.9. The number of aryl methyl sites for hydroxylation is 1. The molecular weight excluding hydrogens is 383 g/mol. The summed E-state index contributed by atoms with van der Waals surface area (Å²) in [6.07, 6.45) is -4.76. The first-order valence-electron chi connectivity index (χ1n) is 7.52. The van der Waals surface area contributed by atoms with Gasteiger partial charge in [-0.05, 0) is 41.8 Å². The Morgan fingerprint density at radius 1 is 1.11 bits per heavy atom. The van der Waals surface area contributed by atoms with Crippen molar-refractivity contribution >= 4 is 17.7 Å². The first-order valence-corrected chi connectivity index (χ1v) is 8.33. The van der Waals surface area contributed by atoms with Gasteiger partial charge in [0, 0.05) is 4.90 Å². The molecule has 1 heterocycles. The monoisotopic (exact) mass is 395 g/mol. The molecule has 2 N–H and O–H groups in total. The summed E-state index contributed by atoms with van der Waals surface area (Å²) in [5.41, 5.74) is 1.43. The number of ether oxygens (including phenoxy) is 1. The summed E-state index contributed by atoms with van der Waals surface area (Å²) in [6, 6.07) is 11.4. The third kappa shape index (κ3) is 4.59. The van der Waals surface area contributed by atoms with Gasteiger partial charge >= 0.3 is 12.3 Å². The molecule has 0 unspecified atom stereocenters. The van der Waals surface area contributed by atoms with E-state index in [-0.39, 0.29) is 16.5 Å². The van der Waals surface area contributed by atoms with E-state index in [4.69, 9.17) is 5.11 Å². The van der Waals surface area contributed by atoms with E-state index in [1.54, 1.807) is 36.4 Å². The lowest BCUT2D eigenvalue weighted by molar-refractivity contribution is -0.274. The van der Waals surface area contributed by atoms with Crippen LogP contribution in [-0.2, 0) is 0 Å². The number of H-pyrrole nitrogens is 1. The number of rotatable bonds is 5. The number of hydrogen-bond acceptors (Lipinski definition) is 5. The predicted octanol–water partition coefficient (Wildman–Crippen LogP) is 4.53. The van der Waals surface area contributed by atoms with Crippen molar-refractivity contribution in [3.63, 3.8) is 0 Å². The van der Waals surface area contributed by atoms with Gasteiger partial charge in [-0.15, -0.1) is 23.4 Å². The molecule has 0 aliphatic heterocycles. The summed E-state index contributed by atoms with van der Waals surface area (Å²) in [5.74, 6) is -1.45. The van der Waals surface area contributed by atoms with E-state index in [9.17, 15) is 18.0 Å². The molecule has 3 aromatic rings. The number of alkyl halides is 3. The van der Waals surface area contributed by atoms with Gasteiger partial charge in [0.2, 0.25) is 5.69 Å². The fourth-order valence-electron chi connectivity index (χ4n) is 2.27. The van der Waals surface area contributed by atoms with Crippen molar-refractivity contribution in [1.29, 1.82) is 0 Å². The minimum atomic E-state index is -4.76. The molecule has 140 valence electrons. The van der Waals surface area contributed by atoms with Crippen molar-refractivity contribution in [2.45, 2.75) is 23.2 Å². The van der Waals surface area contributed by atoms with Crippen molar-refractivity contribution in [3.8, 4) is 16.9 Å². The van der Waals surface area contributed by atoms with Crippen LogP contribution in [0.3, 0.4) is 0 Å². The molecule has 0 amide bonds. The first-order chi connectivity index (χ1) is 12.7. The molecule has 6 nitrogen and oxygen atoms in total. The molecule has 27 heavy (non-hydrogen) atoms. The van der Waals surface area contributed by atoms with Crippen LogP contribution in [0.5, 0.6) is 5.75 Å². The Balaban J connectivity index is 1.82. The summed E-state index contributed by atoms with van der Waals surface area (Å²) < 4.78 is 41.5. The molecule has 3 rings (SSSR count). The number of nitrogens with one attached hydrogen (secondary N) is 1. The normalized spacial score (nSPS) is 11.4. The van der Waals surface area contributed by atoms with E-state index in [2.05, 4.69) is 20.1 Å². The van der Waals surface area contributed by atoms with E-state index in [0.717, 1.165) is 11.8 Å². The zero-order valence-corrected chi connectivity index (χ0v) is 14.6. The maximum atomic E-state index is 12.5. The van der Waals surface area contributed by atoms with Gasteiger partial charge in [-0.3, -0.25) is 0 Å². The van der Waals surface area contributed by atoms with Crippen LogP contribution >= 0.6 is 11.8 Å². The number of carbonyl (C=O) groups is 1. The zero-order chi connectivity index (χ0) is 19.6. The first kappa shape index (κ1) is 18.8. The van der Waals surface area contributed by atoms with Gasteiger partial charge in [-0.2, -0.15) is 5.21 Å². The molecule has 0 aliphatic rings. The quantitative estimate of drug-likeness (QED) is 0.660. The van der Waals surface area contributed by atoms with E-state index in [1.807, 2.05) is 0 Å². The average Bonchev–Trinajstić information content (AvgIpc) is 3.05. The summed E-state index contributed by atoms with van der Waals surface area (Å²) in [6.45, 7) is 1.53. The van der Waals surface area contributed by atoms with Crippen LogP contribution in [0, 0.1) is 6.92 Å².